The Labute approximate surface area is 115 Å². The van der Waals surface area contributed by atoms with Gasteiger partial charge in [-0.05, 0) is 31.7 Å². The van der Waals surface area contributed by atoms with E-state index in [0.717, 1.165) is 45.1 Å². The smallest absolute Gasteiger partial charge is 0.119 e. The number of aryl methyl sites for hydroxylation is 1. The summed E-state index contributed by atoms with van der Waals surface area (Å²) in [7, 11) is 1.96. The fourth-order valence-electron chi connectivity index (χ4n) is 2.33. The van der Waals surface area contributed by atoms with E-state index in [4.69, 9.17) is 9.47 Å². The van der Waals surface area contributed by atoms with Crippen molar-refractivity contribution < 1.29 is 9.47 Å². The van der Waals surface area contributed by atoms with Crippen molar-refractivity contribution >= 4 is 0 Å². The number of hydrogen-bond acceptors (Lipinski definition) is 4. The zero-order valence-electron chi connectivity index (χ0n) is 11.9. The van der Waals surface area contributed by atoms with Gasteiger partial charge in [0.1, 0.15) is 12.4 Å². The fourth-order valence-corrected chi connectivity index (χ4v) is 2.33. The van der Waals surface area contributed by atoms with Crippen LogP contribution in [0.2, 0.25) is 0 Å². The molecule has 1 aromatic carbocycles. The molecule has 0 saturated carbocycles. The predicted molar refractivity (Wildman–Crippen MR) is 76.8 cm³/mol. The minimum absolute atomic E-state index is 0.303. The zero-order valence-corrected chi connectivity index (χ0v) is 11.9. The average molecular weight is 264 g/mol. The van der Waals surface area contributed by atoms with Crippen LogP contribution in [-0.4, -0.2) is 57.4 Å². The first-order valence-corrected chi connectivity index (χ1v) is 6.96. The maximum absolute atomic E-state index is 5.79. The van der Waals surface area contributed by atoms with Crippen LogP contribution < -0.4 is 10.1 Å². The molecule has 1 aliphatic rings. The molecule has 1 aromatic rings. The molecule has 4 heteroatoms. The molecule has 4 nitrogen and oxygen atoms in total. The largest absolute Gasteiger partial charge is 0.492 e. The highest BCUT2D eigenvalue weighted by Crippen LogP contribution is 2.12. The number of likely N-dealkylation sites (N-methyl/N-ethyl adjacent to an activating group) is 1. The molecule has 1 N–H and O–H groups in total. The quantitative estimate of drug-likeness (QED) is 0.839. The molecule has 0 aromatic heterocycles. The number of nitrogens with one attached hydrogen (secondary N) is 1. The first-order valence-electron chi connectivity index (χ1n) is 6.96. The third-order valence-corrected chi connectivity index (χ3v) is 3.32. The second-order valence-corrected chi connectivity index (χ2v) is 5.02. The van der Waals surface area contributed by atoms with Crippen molar-refractivity contribution in [2.75, 3.05) is 46.4 Å². The molecule has 0 spiro atoms. The third-order valence-electron chi connectivity index (χ3n) is 3.32. The monoisotopic (exact) mass is 264 g/mol. The predicted octanol–water partition coefficient (Wildman–Crippen LogP) is 1.29. The summed E-state index contributed by atoms with van der Waals surface area (Å²) in [6.07, 6.45) is 0.303. The molecular formula is C15H24N2O2. The molecule has 19 heavy (non-hydrogen) atoms. The molecule has 0 radical (unpaired) electrons. The summed E-state index contributed by atoms with van der Waals surface area (Å²) >= 11 is 0. The Balaban J connectivity index is 1.70. The molecule has 1 heterocycles. The standard InChI is InChI=1S/C15H24N2O2/c1-13-4-3-5-14(10-13)18-8-6-17-7-9-19-15(12-17)11-16-2/h3-5,10,15-16H,6-9,11-12H2,1-2H3. The summed E-state index contributed by atoms with van der Waals surface area (Å²) < 4.78 is 11.5. The minimum Gasteiger partial charge on any atom is -0.492 e. The van der Waals surface area contributed by atoms with Crippen LogP contribution in [0.15, 0.2) is 24.3 Å². The number of hydrogen-bond donors (Lipinski definition) is 1. The first kappa shape index (κ1) is 14.3. The van der Waals surface area contributed by atoms with Crippen molar-refractivity contribution in [1.82, 2.24) is 10.2 Å². The van der Waals surface area contributed by atoms with Gasteiger partial charge in [-0.15, -0.1) is 0 Å². The van der Waals surface area contributed by atoms with E-state index in [-0.39, 0.29) is 0 Å². The molecule has 1 atom stereocenters. The van der Waals surface area contributed by atoms with Crippen LogP contribution in [0.25, 0.3) is 0 Å². The lowest BCUT2D eigenvalue weighted by molar-refractivity contribution is -0.0291. The summed E-state index contributed by atoms with van der Waals surface area (Å²) in [5.74, 6) is 0.958. The van der Waals surface area contributed by atoms with Gasteiger partial charge in [-0.2, -0.15) is 0 Å². The van der Waals surface area contributed by atoms with Crippen LogP contribution in [0.3, 0.4) is 0 Å². The normalized spacial score (nSPS) is 20.4. The van der Waals surface area contributed by atoms with E-state index in [2.05, 4.69) is 29.3 Å². The lowest BCUT2D eigenvalue weighted by Crippen LogP contribution is -2.47. The number of ether oxygens (including phenoxy) is 2. The van der Waals surface area contributed by atoms with E-state index < -0.39 is 0 Å². The Bertz CT molecular complexity index is 382. The van der Waals surface area contributed by atoms with Gasteiger partial charge in [-0.3, -0.25) is 4.90 Å². The van der Waals surface area contributed by atoms with Gasteiger partial charge in [0.15, 0.2) is 0 Å². The van der Waals surface area contributed by atoms with E-state index in [9.17, 15) is 0 Å². The molecule has 0 aliphatic carbocycles. The van der Waals surface area contributed by atoms with Crippen LogP contribution in [0.4, 0.5) is 0 Å². The van der Waals surface area contributed by atoms with Crippen LogP contribution in [0.1, 0.15) is 5.56 Å². The van der Waals surface area contributed by atoms with Crippen molar-refractivity contribution in [3.05, 3.63) is 29.8 Å². The van der Waals surface area contributed by atoms with Crippen molar-refractivity contribution in [3.8, 4) is 5.75 Å². The minimum atomic E-state index is 0.303. The highest BCUT2D eigenvalue weighted by Gasteiger charge is 2.19. The summed E-state index contributed by atoms with van der Waals surface area (Å²) in [6, 6.07) is 8.19. The summed E-state index contributed by atoms with van der Waals surface area (Å²) in [5.41, 5.74) is 1.23. The number of nitrogens with zero attached hydrogens (tertiary/aromatic N) is 1. The molecule has 1 aliphatic heterocycles. The summed E-state index contributed by atoms with van der Waals surface area (Å²) in [4.78, 5) is 2.40. The lowest BCUT2D eigenvalue weighted by Gasteiger charge is -2.32. The SMILES string of the molecule is CNCC1CN(CCOc2cccc(C)c2)CCO1. The van der Waals surface area contributed by atoms with Crippen molar-refractivity contribution in [1.29, 1.82) is 0 Å². The van der Waals surface area contributed by atoms with Crippen LogP contribution in [0.5, 0.6) is 5.75 Å². The van der Waals surface area contributed by atoms with E-state index in [1.54, 1.807) is 0 Å². The molecule has 0 amide bonds. The number of morpholine rings is 1. The number of rotatable bonds is 6. The molecule has 1 unspecified atom stereocenters. The Morgan fingerprint density at radius 1 is 1.47 bits per heavy atom. The third kappa shape index (κ3) is 4.82. The van der Waals surface area contributed by atoms with E-state index in [1.807, 2.05) is 19.2 Å². The summed E-state index contributed by atoms with van der Waals surface area (Å²) in [5, 5.41) is 3.16. The first-order chi connectivity index (χ1) is 9.28. The van der Waals surface area contributed by atoms with Gasteiger partial charge in [0.05, 0.1) is 12.7 Å². The van der Waals surface area contributed by atoms with Gasteiger partial charge in [0, 0.05) is 26.2 Å². The van der Waals surface area contributed by atoms with Gasteiger partial charge < -0.3 is 14.8 Å². The molecule has 1 fully saturated rings. The van der Waals surface area contributed by atoms with Gasteiger partial charge in [0.2, 0.25) is 0 Å². The molecule has 2 rings (SSSR count). The van der Waals surface area contributed by atoms with Crippen LogP contribution in [0, 0.1) is 6.92 Å². The maximum Gasteiger partial charge on any atom is 0.119 e. The average Bonchev–Trinajstić information content (AvgIpc) is 2.40. The molecular weight excluding hydrogens is 240 g/mol. The highest BCUT2D eigenvalue weighted by atomic mass is 16.5. The molecule has 0 bridgehead atoms. The van der Waals surface area contributed by atoms with Crippen molar-refractivity contribution in [3.63, 3.8) is 0 Å². The van der Waals surface area contributed by atoms with Gasteiger partial charge in [-0.25, -0.2) is 0 Å². The van der Waals surface area contributed by atoms with E-state index in [1.165, 1.54) is 5.56 Å². The Hall–Kier alpha value is -1.10. The Morgan fingerprint density at radius 2 is 2.37 bits per heavy atom. The topological polar surface area (TPSA) is 33.7 Å². The Kier molecular flexibility index (Phi) is 5.63. The number of benzene rings is 1. The molecule has 106 valence electrons. The maximum atomic E-state index is 5.79. The highest BCUT2D eigenvalue weighted by molar-refractivity contribution is 5.27. The van der Waals surface area contributed by atoms with Gasteiger partial charge >= 0.3 is 0 Å². The van der Waals surface area contributed by atoms with E-state index >= 15 is 0 Å². The van der Waals surface area contributed by atoms with Gasteiger partial charge in [-0.1, -0.05) is 12.1 Å². The fraction of sp³-hybridized carbons (Fsp3) is 0.600. The van der Waals surface area contributed by atoms with E-state index in [0.29, 0.717) is 6.10 Å². The van der Waals surface area contributed by atoms with Crippen LogP contribution in [-0.2, 0) is 4.74 Å². The second-order valence-electron chi connectivity index (χ2n) is 5.02. The van der Waals surface area contributed by atoms with Crippen molar-refractivity contribution in [2.45, 2.75) is 13.0 Å². The second kappa shape index (κ2) is 7.48. The zero-order chi connectivity index (χ0) is 13.5. The van der Waals surface area contributed by atoms with Gasteiger partial charge in [0.25, 0.3) is 0 Å². The summed E-state index contributed by atoms with van der Waals surface area (Å²) in [6.45, 7) is 7.48. The molecule has 1 saturated heterocycles. The lowest BCUT2D eigenvalue weighted by atomic mass is 10.2. The Morgan fingerprint density at radius 3 is 3.16 bits per heavy atom. The van der Waals surface area contributed by atoms with Crippen LogP contribution >= 0.6 is 0 Å². The van der Waals surface area contributed by atoms with Crippen molar-refractivity contribution in [2.24, 2.45) is 0 Å².